The highest BCUT2D eigenvalue weighted by Gasteiger charge is 2.26. The predicted octanol–water partition coefficient (Wildman–Crippen LogP) is 4.38. The summed E-state index contributed by atoms with van der Waals surface area (Å²) in [5.41, 5.74) is 1.18. The standard InChI is InChI=1S/C22H29NO6S/c1-15-14-20(29-12-6-11-22(3,4)21(24)25)16(2)13-19(15)23-30(26,27)18-9-7-17(28-5)8-10-18/h7-10,13-14,23H,6,11-12H2,1-5H3,(H,24,25). The summed E-state index contributed by atoms with van der Waals surface area (Å²) in [5, 5.41) is 9.17. The van der Waals surface area contributed by atoms with Crippen LogP contribution in [0.4, 0.5) is 5.69 Å². The SMILES string of the molecule is COc1ccc(S(=O)(=O)Nc2cc(C)c(OCCCC(C)(C)C(=O)O)cc2C)cc1. The van der Waals surface area contributed by atoms with Gasteiger partial charge in [-0.1, -0.05) is 0 Å². The maximum Gasteiger partial charge on any atom is 0.309 e. The van der Waals surface area contributed by atoms with Crippen LogP contribution in [0.25, 0.3) is 0 Å². The molecule has 0 aliphatic rings. The Kier molecular flexibility index (Phi) is 7.36. The Bertz CT molecular complexity index is 997. The quantitative estimate of drug-likeness (QED) is 0.537. The summed E-state index contributed by atoms with van der Waals surface area (Å²) >= 11 is 0. The molecule has 0 heterocycles. The monoisotopic (exact) mass is 435 g/mol. The molecule has 2 N–H and O–H groups in total. The lowest BCUT2D eigenvalue weighted by atomic mass is 9.88. The smallest absolute Gasteiger partial charge is 0.309 e. The number of anilines is 1. The third kappa shape index (κ3) is 5.89. The first-order chi connectivity index (χ1) is 14.0. The first kappa shape index (κ1) is 23.5. The van der Waals surface area contributed by atoms with Crippen molar-refractivity contribution in [2.75, 3.05) is 18.4 Å². The number of nitrogens with one attached hydrogen (secondary N) is 1. The molecule has 0 aliphatic heterocycles. The van der Waals surface area contributed by atoms with Gasteiger partial charge in [0.15, 0.2) is 0 Å². The molecule has 2 aromatic carbocycles. The van der Waals surface area contributed by atoms with Gasteiger partial charge in [-0.15, -0.1) is 0 Å². The number of aryl methyl sites for hydroxylation is 2. The minimum absolute atomic E-state index is 0.140. The van der Waals surface area contributed by atoms with E-state index in [2.05, 4.69) is 4.72 Å². The van der Waals surface area contributed by atoms with E-state index in [9.17, 15) is 13.2 Å². The molecule has 0 radical (unpaired) electrons. The molecule has 30 heavy (non-hydrogen) atoms. The normalized spacial score (nSPS) is 11.8. The molecule has 0 saturated heterocycles. The van der Waals surface area contributed by atoms with Gasteiger partial charge in [0.25, 0.3) is 10.0 Å². The molecular formula is C22H29NO6S. The highest BCUT2D eigenvalue weighted by Crippen LogP contribution is 2.29. The van der Waals surface area contributed by atoms with E-state index in [0.29, 0.717) is 36.6 Å². The van der Waals surface area contributed by atoms with Crippen molar-refractivity contribution >= 4 is 21.7 Å². The maximum atomic E-state index is 12.7. The van der Waals surface area contributed by atoms with Crippen molar-refractivity contribution < 1.29 is 27.8 Å². The van der Waals surface area contributed by atoms with Gasteiger partial charge in [-0.05, 0) is 88.1 Å². The van der Waals surface area contributed by atoms with Crippen molar-refractivity contribution in [1.29, 1.82) is 0 Å². The number of sulfonamides is 1. The second-order valence-corrected chi connectivity index (χ2v) is 9.54. The van der Waals surface area contributed by atoms with Crippen LogP contribution in [0, 0.1) is 19.3 Å². The topological polar surface area (TPSA) is 102 Å². The first-order valence-electron chi connectivity index (χ1n) is 9.60. The third-order valence-electron chi connectivity index (χ3n) is 4.92. The lowest BCUT2D eigenvalue weighted by Crippen LogP contribution is -2.24. The van der Waals surface area contributed by atoms with Gasteiger partial charge in [0.2, 0.25) is 0 Å². The second-order valence-electron chi connectivity index (χ2n) is 7.85. The fourth-order valence-electron chi connectivity index (χ4n) is 2.82. The first-order valence-corrected chi connectivity index (χ1v) is 11.1. The summed E-state index contributed by atoms with van der Waals surface area (Å²) in [6.07, 6.45) is 1.10. The number of ether oxygens (including phenoxy) is 2. The largest absolute Gasteiger partial charge is 0.497 e. The molecule has 7 nitrogen and oxygen atoms in total. The fourth-order valence-corrected chi connectivity index (χ4v) is 3.94. The molecule has 0 spiro atoms. The third-order valence-corrected chi connectivity index (χ3v) is 6.30. The zero-order valence-corrected chi connectivity index (χ0v) is 18.8. The van der Waals surface area contributed by atoms with Crippen LogP contribution in [0.5, 0.6) is 11.5 Å². The van der Waals surface area contributed by atoms with Crippen molar-refractivity contribution in [2.45, 2.75) is 45.4 Å². The van der Waals surface area contributed by atoms with Crippen molar-refractivity contribution in [3.63, 3.8) is 0 Å². The lowest BCUT2D eigenvalue weighted by Gasteiger charge is -2.19. The molecule has 0 unspecified atom stereocenters. The van der Waals surface area contributed by atoms with Gasteiger partial charge in [-0.2, -0.15) is 0 Å². The molecule has 0 aliphatic carbocycles. The van der Waals surface area contributed by atoms with Crippen molar-refractivity contribution in [1.82, 2.24) is 0 Å². The molecular weight excluding hydrogens is 406 g/mol. The Morgan fingerprint density at radius 3 is 2.30 bits per heavy atom. The number of rotatable bonds is 10. The van der Waals surface area contributed by atoms with Crippen molar-refractivity contribution in [3.8, 4) is 11.5 Å². The lowest BCUT2D eigenvalue weighted by molar-refractivity contribution is -0.147. The summed E-state index contributed by atoms with van der Waals surface area (Å²) in [4.78, 5) is 11.3. The molecule has 0 aromatic heterocycles. The van der Waals surface area contributed by atoms with Crippen molar-refractivity contribution in [2.24, 2.45) is 5.41 Å². The predicted molar refractivity (Wildman–Crippen MR) is 116 cm³/mol. The highest BCUT2D eigenvalue weighted by molar-refractivity contribution is 7.92. The number of carboxylic acids is 1. The molecule has 0 saturated carbocycles. The molecule has 8 heteroatoms. The number of methoxy groups -OCH3 is 1. The van der Waals surface area contributed by atoms with E-state index >= 15 is 0 Å². The molecule has 0 amide bonds. The molecule has 0 atom stereocenters. The van der Waals surface area contributed by atoms with Gasteiger partial charge >= 0.3 is 5.97 Å². The van der Waals surface area contributed by atoms with Crippen molar-refractivity contribution in [3.05, 3.63) is 47.5 Å². The van der Waals surface area contributed by atoms with E-state index in [4.69, 9.17) is 14.6 Å². The second kappa shape index (κ2) is 9.38. The summed E-state index contributed by atoms with van der Waals surface area (Å²) in [6.45, 7) is 7.39. The van der Waals surface area contributed by atoms with Crippen LogP contribution in [-0.2, 0) is 14.8 Å². The zero-order valence-electron chi connectivity index (χ0n) is 18.0. The Balaban J connectivity index is 2.07. The van der Waals surface area contributed by atoms with Gasteiger partial charge in [-0.3, -0.25) is 9.52 Å². The van der Waals surface area contributed by atoms with Crippen LogP contribution in [0.15, 0.2) is 41.3 Å². The van der Waals surface area contributed by atoms with Gasteiger partial charge < -0.3 is 14.6 Å². The minimum atomic E-state index is -3.74. The zero-order chi connectivity index (χ0) is 22.5. The van der Waals surface area contributed by atoms with E-state index in [1.807, 2.05) is 6.92 Å². The molecule has 0 bridgehead atoms. The maximum absolute atomic E-state index is 12.7. The summed E-state index contributed by atoms with van der Waals surface area (Å²) in [6, 6.07) is 9.67. The summed E-state index contributed by atoms with van der Waals surface area (Å²) in [5.74, 6) is 0.394. The number of carboxylic acid groups (broad SMARTS) is 1. The van der Waals surface area contributed by atoms with Crippen LogP contribution < -0.4 is 14.2 Å². The van der Waals surface area contributed by atoms with Gasteiger partial charge in [-0.25, -0.2) is 8.42 Å². The molecule has 0 fully saturated rings. The van der Waals surface area contributed by atoms with Crippen LogP contribution >= 0.6 is 0 Å². The van der Waals surface area contributed by atoms with Gasteiger partial charge in [0.05, 0.1) is 29.7 Å². The molecule has 2 rings (SSSR count). The van der Waals surface area contributed by atoms with Crippen LogP contribution in [0.2, 0.25) is 0 Å². The molecule has 2 aromatic rings. The highest BCUT2D eigenvalue weighted by atomic mass is 32.2. The number of aliphatic carboxylic acids is 1. The molecule has 164 valence electrons. The Morgan fingerprint density at radius 2 is 1.73 bits per heavy atom. The van der Waals surface area contributed by atoms with E-state index < -0.39 is 21.4 Å². The average Bonchev–Trinajstić information content (AvgIpc) is 2.68. The van der Waals surface area contributed by atoms with E-state index in [0.717, 1.165) is 11.1 Å². The summed E-state index contributed by atoms with van der Waals surface area (Å²) in [7, 11) is -2.22. The van der Waals surface area contributed by atoms with Crippen LogP contribution in [0.3, 0.4) is 0 Å². The Morgan fingerprint density at radius 1 is 1.10 bits per heavy atom. The number of hydrogen-bond acceptors (Lipinski definition) is 5. The van der Waals surface area contributed by atoms with E-state index in [1.54, 1.807) is 45.0 Å². The Hall–Kier alpha value is -2.74. The summed E-state index contributed by atoms with van der Waals surface area (Å²) < 4.78 is 38.8. The van der Waals surface area contributed by atoms with E-state index in [1.165, 1.54) is 19.2 Å². The fraction of sp³-hybridized carbons (Fsp3) is 0.409. The number of benzene rings is 2. The number of hydrogen-bond donors (Lipinski definition) is 2. The van der Waals surface area contributed by atoms with Gasteiger partial charge in [0, 0.05) is 0 Å². The number of carbonyl (C=O) groups is 1. The van der Waals surface area contributed by atoms with E-state index in [-0.39, 0.29) is 4.90 Å². The van der Waals surface area contributed by atoms with Gasteiger partial charge in [0.1, 0.15) is 11.5 Å². The van der Waals surface area contributed by atoms with Crippen LogP contribution in [-0.4, -0.2) is 33.2 Å². The Labute approximate surface area is 178 Å². The van der Waals surface area contributed by atoms with Crippen LogP contribution in [0.1, 0.15) is 37.8 Å². The average molecular weight is 436 g/mol. The minimum Gasteiger partial charge on any atom is -0.497 e.